The van der Waals surface area contributed by atoms with E-state index in [0.29, 0.717) is 36.7 Å². The third kappa shape index (κ3) is 3.82. The van der Waals surface area contributed by atoms with Crippen LogP contribution in [0, 0.1) is 6.92 Å². The van der Waals surface area contributed by atoms with Gasteiger partial charge in [-0.05, 0) is 55.7 Å². The van der Waals surface area contributed by atoms with Crippen molar-refractivity contribution in [2.24, 2.45) is 4.99 Å². The van der Waals surface area contributed by atoms with Crippen LogP contribution in [0.3, 0.4) is 0 Å². The van der Waals surface area contributed by atoms with E-state index in [9.17, 15) is 4.79 Å². The molecular formula is C24H21N5O2. The second-order valence-electron chi connectivity index (χ2n) is 7.78. The van der Waals surface area contributed by atoms with Crippen LogP contribution in [-0.4, -0.2) is 31.6 Å². The molecular weight excluding hydrogens is 390 g/mol. The highest BCUT2D eigenvalue weighted by Crippen LogP contribution is 2.32. The molecule has 1 N–H and O–H groups in total. The van der Waals surface area contributed by atoms with E-state index < -0.39 is 0 Å². The SMILES string of the molecule is CC1=C(c2ccc3[nH]c(-c4nc(C)no4)cc3c2)N=C(C(=O)CCc2cccnc2)C1. The molecule has 4 aromatic rings. The lowest BCUT2D eigenvalue weighted by molar-refractivity contribution is -0.113. The van der Waals surface area contributed by atoms with Crippen LogP contribution in [0.5, 0.6) is 0 Å². The van der Waals surface area contributed by atoms with Gasteiger partial charge in [0.2, 0.25) is 0 Å². The molecule has 0 atom stereocenters. The normalized spacial score (nSPS) is 13.8. The zero-order valence-corrected chi connectivity index (χ0v) is 17.3. The van der Waals surface area contributed by atoms with Crippen molar-refractivity contribution in [3.8, 4) is 11.6 Å². The minimum Gasteiger partial charge on any atom is -0.351 e. The van der Waals surface area contributed by atoms with Crippen molar-refractivity contribution in [3.05, 3.63) is 71.3 Å². The maximum Gasteiger partial charge on any atom is 0.274 e. The van der Waals surface area contributed by atoms with Crippen molar-refractivity contribution >= 4 is 28.1 Å². The minimum atomic E-state index is 0.0926. The van der Waals surface area contributed by atoms with Crippen molar-refractivity contribution in [2.45, 2.75) is 33.1 Å². The van der Waals surface area contributed by atoms with Crippen molar-refractivity contribution < 1.29 is 9.32 Å². The third-order valence-electron chi connectivity index (χ3n) is 5.42. The van der Waals surface area contributed by atoms with Crippen molar-refractivity contribution in [2.75, 3.05) is 0 Å². The molecule has 1 aliphatic heterocycles. The fraction of sp³-hybridized carbons (Fsp3) is 0.208. The highest BCUT2D eigenvalue weighted by atomic mass is 16.5. The number of nitrogens with zero attached hydrogens (tertiary/aromatic N) is 4. The molecule has 5 rings (SSSR count). The standard InChI is InChI=1S/C24H21N5O2/c1-14-10-20(22(30)8-5-16-4-3-9-25-13-16)28-23(14)17-6-7-19-18(11-17)12-21(27-19)24-26-15(2)29-31-24/h3-4,6-7,9,11-13,27H,5,8,10H2,1-2H3. The fourth-order valence-electron chi connectivity index (χ4n) is 3.83. The van der Waals surface area contributed by atoms with Gasteiger partial charge in [-0.2, -0.15) is 4.98 Å². The second-order valence-corrected chi connectivity index (χ2v) is 7.78. The van der Waals surface area contributed by atoms with E-state index in [-0.39, 0.29) is 5.78 Å². The molecule has 4 heterocycles. The van der Waals surface area contributed by atoms with E-state index in [1.165, 1.54) is 0 Å². The largest absolute Gasteiger partial charge is 0.351 e. The molecule has 1 aromatic carbocycles. The summed E-state index contributed by atoms with van der Waals surface area (Å²) < 4.78 is 5.26. The summed E-state index contributed by atoms with van der Waals surface area (Å²) >= 11 is 0. The monoisotopic (exact) mass is 411 g/mol. The average Bonchev–Trinajstić information content (AvgIpc) is 3.50. The van der Waals surface area contributed by atoms with Crippen molar-refractivity contribution in [1.82, 2.24) is 20.1 Å². The Morgan fingerprint density at radius 3 is 2.87 bits per heavy atom. The van der Waals surface area contributed by atoms with Crippen LogP contribution in [0.25, 0.3) is 28.2 Å². The first-order valence-corrected chi connectivity index (χ1v) is 10.2. The van der Waals surface area contributed by atoms with Crippen LogP contribution in [-0.2, 0) is 11.2 Å². The van der Waals surface area contributed by atoms with E-state index in [0.717, 1.165) is 39.0 Å². The number of aliphatic imine (C=N–C) groups is 1. The topological polar surface area (TPSA) is 97.0 Å². The molecule has 1 aliphatic rings. The van der Waals surface area contributed by atoms with Gasteiger partial charge < -0.3 is 9.51 Å². The number of hydrogen-bond acceptors (Lipinski definition) is 6. The summed E-state index contributed by atoms with van der Waals surface area (Å²) in [5.41, 5.74) is 6.42. The fourth-order valence-corrected chi connectivity index (χ4v) is 3.83. The number of nitrogens with one attached hydrogen (secondary N) is 1. The maximum atomic E-state index is 12.7. The number of H-pyrrole nitrogens is 1. The van der Waals surface area contributed by atoms with Gasteiger partial charge >= 0.3 is 0 Å². The number of allylic oxidation sites excluding steroid dienone is 1. The summed E-state index contributed by atoms with van der Waals surface area (Å²) in [5.74, 6) is 1.15. The first-order valence-electron chi connectivity index (χ1n) is 10.2. The number of hydrogen-bond donors (Lipinski definition) is 1. The number of pyridine rings is 1. The highest BCUT2D eigenvalue weighted by molar-refractivity contribution is 6.42. The molecule has 0 radical (unpaired) electrons. The first kappa shape index (κ1) is 19.1. The molecule has 154 valence electrons. The van der Waals surface area contributed by atoms with E-state index in [1.807, 2.05) is 37.3 Å². The number of fused-ring (bicyclic) bond motifs is 1. The molecule has 0 saturated carbocycles. The lowest BCUT2D eigenvalue weighted by atomic mass is 10.0. The zero-order chi connectivity index (χ0) is 21.4. The molecule has 0 aliphatic carbocycles. The van der Waals surface area contributed by atoms with Gasteiger partial charge in [-0.15, -0.1) is 0 Å². The predicted molar refractivity (Wildman–Crippen MR) is 119 cm³/mol. The van der Waals surface area contributed by atoms with E-state index in [2.05, 4.69) is 26.2 Å². The summed E-state index contributed by atoms with van der Waals surface area (Å²) in [6.07, 6.45) is 5.25. The third-order valence-corrected chi connectivity index (χ3v) is 5.42. The first-order chi connectivity index (χ1) is 15.1. The zero-order valence-electron chi connectivity index (χ0n) is 17.3. The summed E-state index contributed by atoms with van der Waals surface area (Å²) in [4.78, 5) is 29.1. The molecule has 0 fully saturated rings. The molecule has 0 unspecified atom stereocenters. The molecule has 0 spiro atoms. The van der Waals surface area contributed by atoms with E-state index in [1.54, 1.807) is 19.3 Å². The Kier molecular flexibility index (Phi) is 4.78. The van der Waals surface area contributed by atoms with Crippen LogP contribution in [0.1, 0.15) is 36.7 Å². The van der Waals surface area contributed by atoms with Crippen LogP contribution in [0.2, 0.25) is 0 Å². The predicted octanol–water partition coefficient (Wildman–Crippen LogP) is 4.70. The number of Topliss-reactive ketones (excluding diaryl/α,β-unsaturated/α-hetero) is 1. The lowest BCUT2D eigenvalue weighted by Crippen LogP contribution is -2.13. The molecule has 7 heteroatoms. The second kappa shape index (κ2) is 7.75. The summed E-state index contributed by atoms with van der Waals surface area (Å²) in [7, 11) is 0. The number of carbonyl (C=O) groups is 1. The number of aryl methyl sites for hydroxylation is 2. The van der Waals surface area contributed by atoms with Crippen LogP contribution >= 0.6 is 0 Å². The molecule has 0 saturated heterocycles. The summed E-state index contributed by atoms with van der Waals surface area (Å²) in [6, 6.07) is 12.0. The molecule has 0 bridgehead atoms. The van der Waals surface area contributed by atoms with Crippen molar-refractivity contribution in [1.29, 1.82) is 0 Å². The van der Waals surface area contributed by atoms with Gasteiger partial charge in [0.05, 0.1) is 11.4 Å². The van der Waals surface area contributed by atoms with Crippen LogP contribution < -0.4 is 0 Å². The summed E-state index contributed by atoms with van der Waals surface area (Å²) in [5, 5.41) is 4.87. The average molecular weight is 411 g/mol. The Bertz CT molecular complexity index is 1340. The Morgan fingerprint density at radius 1 is 1.19 bits per heavy atom. The van der Waals surface area contributed by atoms with Gasteiger partial charge in [-0.25, -0.2) is 4.99 Å². The van der Waals surface area contributed by atoms with E-state index in [4.69, 9.17) is 9.52 Å². The Morgan fingerprint density at radius 2 is 2.10 bits per heavy atom. The Labute approximate surface area is 178 Å². The van der Waals surface area contributed by atoms with Crippen LogP contribution in [0.15, 0.2) is 63.9 Å². The smallest absolute Gasteiger partial charge is 0.274 e. The molecule has 3 aromatic heterocycles. The quantitative estimate of drug-likeness (QED) is 0.496. The van der Waals surface area contributed by atoms with Gasteiger partial charge in [0.15, 0.2) is 11.6 Å². The van der Waals surface area contributed by atoms with Gasteiger partial charge in [0, 0.05) is 41.7 Å². The molecule has 7 nitrogen and oxygen atoms in total. The number of rotatable bonds is 6. The lowest BCUT2D eigenvalue weighted by Gasteiger charge is -2.02. The number of aromatic amines is 1. The summed E-state index contributed by atoms with van der Waals surface area (Å²) in [6.45, 7) is 3.82. The highest BCUT2D eigenvalue weighted by Gasteiger charge is 2.22. The minimum absolute atomic E-state index is 0.0926. The van der Waals surface area contributed by atoms with Crippen molar-refractivity contribution in [3.63, 3.8) is 0 Å². The number of aromatic nitrogens is 4. The van der Waals surface area contributed by atoms with Crippen LogP contribution in [0.4, 0.5) is 0 Å². The maximum absolute atomic E-state index is 12.7. The number of benzene rings is 1. The Balaban J connectivity index is 1.36. The van der Waals surface area contributed by atoms with E-state index >= 15 is 0 Å². The van der Waals surface area contributed by atoms with Gasteiger partial charge in [-0.1, -0.05) is 17.3 Å². The number of carbonyl (C=O) groups excluding carboxylic acids is 1. The molecule has 0 amide bonds. The molecule has 31 heavy (non-hydrogen) atoms. The number of ketones is 1. The van der Waals surface area contributed by atoms with Gasteiger partial charge in [0.25, 0.3) is 5.89 Å². The van der Waals surface area contributed by atoms with Gasteiger partial charge in [0.1, 0.15) is 5.69 Å². The van der Waals surface area contributed by atoms with Gasteiger partial charge in [-0.3, -0.25) is 9.78 Å². The Hall–Kier alpha value is -3.87.